The average molecular weight is 409 g/mol. The number of unbranched alkanes of at least 4 members (excludes halogenated alkanes) is 21. The van der Waals surface area contributed by atoms with E-state index in [9.17, 15) is 4.79 Å². The summed E-state index contributed by atoms with van der Waals surface area (Å²) in [6.45, 7) is 2.29. The molecule has 0 unspecified atom stereocenters. The van der Waals surface area contributed by atoms with Crippen molar-refractivity contribution in [2.45, 2.75) is 148 Å². The molecular formula is C27H52O2. The van der Waals surface area contributed by atoms with Crippen LogP contribution in [0.1, 0.15) is 148 Å². The van der Waals surface area contributed by atoms with E-state index in [2.05, 4.69) is 11.7 Å². The third kappa shape index (κ3) is 25.2. The molecule has 0 aromatic heterocycles. The third-order valence-corrected chi connectivity index (χ3v) is 5.93. The molecule has 0 aliphatic rings. The maximum atomic E-state index is 10.9. The number of ether oxygens (including phenoxy) is 1. The largest absolute Gasteiger partial charge is 0.466 e. The summed E-state index contributed by atoms with van der Waals surface area (Å²) in [5.41, 5.74) is 0. The van der Waals surface area contributed by atoms with Crippen LogP contribution in [0.15, 0.2) is 12.2 Å². The zero-order valence-corrected chi connectivity index (χ0v) is 20.0. The monoisotopic (exact) mass is 408 g/mol. The Morgan fingerprint density at radius 1 is 0.552 bits per heavy atom. The Bertz CT molecular complexity index is 348. The number of allylic oxidation sites excluding steroid dienone is 1. The summed E-state index contributed by atoms with van der Waals surface area (Å²) in [5.74, 6) is -0.242. The Labute approximate surface area is 183 Å². The van der Waals surface area contributed by atoms with Gasteiger partial charge in [-0.1, -0.05) is 141 Å². The van der Waals surface area contributed by atoms with Crippen molar-refractivity contribution in [2.75, 3.05) is 7.11 Å². The lowest BCUT2D eigenvalue weighted by Crippen LogP contribution is -1.93. The number of hydrogen-bond acceptors (Lipinski definition) is 2. The number of esters is 1. The van der Waals surface area contributed by atoms with Gasteiger partial charge in [0.1, 0.15) is 0 Å². The van der Waals surface area contributed by atoms with Crippen LogP contribution in [-0.4, -0.2) is 13.1 Å². The van der Waals surface area contributed by atoms with Gasteiger partial charge in [-0.2, -0.15) is 0 Å². The number of carbonyl (C=O) groups is 1. The molecule has 2 nitrogen and oxygen atoms in total. The second-order valence-electron chi connectivity index (χ2n) is 8.79. The second kappa shape index (κ2) is 25.2. The molecule has 0 amide bonds. The van der Waals surface area contributed by atoms with Gasteiger partial charge in [0.15, 0.2) is 0 Å². The van der Waals surface area contributed by atoms with Crippen molar-refractivity contribution in [3.63, 3.8) is 0 Å². The Morgan fingerprint density at radius 2 is 0.862 bits per heavy atom. The summed E-state index contributed by atoms with van der Waals surface area (Å²) in [4.78, 5) is 10.9. The molecule has 0 aromatic carbocycles. The summed E-state index contributed by atoms with van der Waals surface area (Å²) in [6.07, 6.45) is 34.2. The molecule has 0 N–H and O–H groups in total. The van der Waals surface area contributed by atoms with Gasteiger partial charge in [0, 0.05) is 6.08 Å². The lowest BCUT2D eigenvalue weighted by Gasteiger charge is -2.04. The van der Waals surface area contributed by atoms with Gasteiger partial charge in [0.25, 0.3) is 0 Å². The van der Waals surface area contributed by atoms with Crippen LogP contribution in [0.4, 0.5) is 0 Å². The van der Waals surface area contributed by atoms with E-state index in [1.165, 1.54) is 148 Å². The quantitative estimate of drug-likeness (QED) is 0.0956. The van der Waals surface area contributed by atoms with E-state index in [0.29, 0.717) is 0 Å². The summed E-state index contributed by atoms with van der Waals surface area (Å²) < 4.78 is 4.57. The molecule has 0 radical (unpaired) electrons. The molecule has 0 aliphatic heterocycles. The minimum atomic E-state index is -0.242. The van der Waals surface area contributed by atoms with E-state index in [4.69, 9.17) is 0 Å². The molecule has 0 atom stereocenters. The molecule has 0 saturated carbocycles. The standard InChI is InChI=1S/C27H52O2/c1-3-4-5-6-7-8-9-10-11-12-13-14-15-16-17-18-19-20-21-22-23-24-25-26-27(28)29-2/h25-26H,3-24H2,1-2H3/b26-25+. The van der Waals surface area contributed by atoms with Crippen molar-refractivity contribution in [2.24, 2.45) is 0 Å². The van der Waals surface area contributed by atoms with Crippen LogP contribution in [0.2, 0.25) is 0 Å². The van der Waals surface area contributed by atoms with Crippen LogP contribution in [0.25, 0.3) is 0 Å². The molecule has 2 heteroatoms. The molecule has 0 spiro atoms. The molecule has 172 valence electrons. The average Bonchev–Trinajstić information content (AvgIpc) is 2.74. The van der Waals surface area contributed by atoms with Crippen molar-refractivity contribution in [1.82, 2.24) is 0 Å². The van der Waals surface area contributed by atoms with E-state index in [0.717, 1.165) is 6.42 Å². The minimum absolute atomic E-state index is 0.242. The maximum Gasteiger partial charge on any atom is 0.330 e. The van der Waals surface area contributed by atoms with Crippen molar-refractivity contribution in [1.29, 1.82) is 0 Å². The number of methoxy groups -OCH3 is 1. The van der Waals surface area contributed by atoms with Gasteiger partial charge < -0.3 is 4.74 Å². The van der Waals surface area contributed by atoms with Crippen LogP contribution in [0, 0.1) is 0 Å². The normalized spacial score (nSPS) is 11.4. The molecule has 29 heavy (non-hydrogen) atoms. The molecule has 0 saturated heterocycles. The summed E-state index contributed by atoms with van der Waals surface area (Å²) in [6, 6.07) is 0. The predicted octanol–water partition coefficient (Wildman–Crippen LogP) is 9.32. The van der Waals surface area contributed by atoms with Crippen LogP contribution >= 0.6 is 0 Å². The van der Waals surface area contributed by atoms with E-state index in [1.54, 1.807) is 0 Å². The zero-order chi connectivity index (χ0) is 21.3. The van der Waals surface area contributed by atoms with Gasteiger partial charge in [0.2, 0.25) is 0 Å². The van der Waals surface area contributed by atoms with Gasteiger partial charge in [0.05, 0.1) is 7.11 Å². The van der Waals surface area contributed by atoms with Crippen LogP contribution < -0.4 is 0 Å². The van der Waals surface area contributed by atoms with E-state index >= 15 is 0 Å². The first kappa shape index (κ1) is 28.2. The molecule has 0 fully saturated rings. The highest BCUT2D eigenvalue weighted by Crippen LogP contribution is 2.15. The Kier molecular flexibility index (Phi) is 24.6. The molecule has 0 bridgehead atoms. The van der Waals surface area contributed by atoms with E-state index in [-0.39, 0.29) is 5.97 Å². The Morgan fingerprint density at radius 3 is 1.17 bits per heavy atom. The topological polar surface area (TPSA) is 26.3 Å². The Hall–Kier alpha value is -0.790. The first-order valence-corrected chi connectivity index (χ1v) is 13.1. The second-order valence-corrected chi connectivity index (χ2v) is 8.79. The first-order chi connectivity index (χ1) is 14.3. The third-order valence-electron chi connectivity index (χ3n) is 5.93. The molecular weight excluding hydrogens is 356 g/mol. The fourth-order valence-electron chi connectivity index (χ4n) is 3.94. The van der Waals surface area contributed by atoms with Gasteiger partial charge >= 0.3 is 5.97 Å². The van der Waals surface area contributed by atoms with Crippen LogP contribution in [0.3, 0.4) is 0 Å². The SMILES string of the molecule is CCCCCCCCCCCCCCCCCCCCCCC/C=C/C(=O)OC. The smallest absolute Gasteiger partial charge is 0.330 e. The van der Waals surface area contributed by atoms with E-state index in [1.807, 2.05) is 6.08 Å². The highest BCUT2D eigenvalue weighted by Gasteiger charge is 1.96. The highest BCUT2D eigenvalue weighted by molar-refractivity contribution is 5.81. The van der Waals surface area contributed by atoms with Gasteiger partial charge in [-0.25, -0.2) is 4.79 Å². The van der Waals surface area contributed by atoms with Gasteiger partial charge in [-0.15, -0.1) is 0 Å². The fourth-order valence-corrected chi connectivity index (χ4v) is 3.94. The number of hydrogen-bond donors (Lipinski definition) is 0. The highest BCUT2D eigenvalue weighted by atomic mass is 16.5. The summed E-state index contributed by atoms with van der Waals surface area (Å²) in [7, 11) is 1.42. The van der Waals surface area contributed by atoms with E-state index < -0.39 is 0 Å². The summed E-state index contributed by atoms with van der Waals surface area (Å²) in [5, 5.41) is 0. The lowest BCUT2D eigenvalue weighted by molar-refractivity contribution is -0.134. The number of carbonyl (C=O) groups excluding carboxylic acids is 1. The number of rotatable bonds is 23. The summed E-state index contributed by atoms with van der Waals surface area (Å²) >= 11 is 0. The molecule has 0 rings (SSSR count). The molecule has 0 aliphatic carbocycles. The molecule has 0 heterocycles. The minimum Gasteiger partial charge on any atom is -0.466 e. The predicted molar refractivity (Wildman–Crippen MR) is 128 cm³/mol. The van der Waals surface area contributed by atoms with Crippen LogP contribution in [-0.2, 0) is 9.53 Å². The fraction of sp³-hybridized carbons (Fsp3) is 0.889. The van der Waals surface area contributed by atoms with Crippen molar-refractivity contribution >= 4 is 5.97 Å². The van der Waals surface area contributed by atoms with Gasteiger partial charge in [-0.05, 0) is 12.8 Å². The molecule has 0 aromatic rings. The van der Waals surface area contributed by atoms with Crippen LogP contribution in [0.5, 0.6) is 0 Å². The van der Waals surface area contributed by atoms with Crippen molar-refractivity contribution in [3.8, 4) is 0 Å². The Balaban J connectivity index is 3.05. The van der Waals surface area contributed by atoms with Crippen molar-refractivity contribution in [3.05, 3.63) is 12.2 Å². The zero-order valence-electron chi connectivity index (χ0n) is 20.0. The first-order valence-electron chi connectivity index (χ1n) is 13.1. The lowest BCUT2D eigenvalue weighted by atomic mass is 10.0. The van der Waals surface area contributed by atoms with Crippen molar-refractivity contribution < 1.29 is 9.53 Å². The van der Waals surface area contributed by atoms with Gasteiger partial charge in [-0.3, -0.25) is 0 Å². The maximum absolute atomic E-state index is 10.9.